The van der Waals surface area contributed by atoms with Gasteiger partial charge in [-0.05, 0) is 31.2 Å². The van der Waals surface area contributed by atoms with Gasteiger partial charge in [-0.1, -0.05) is 6.07 Å². The third-order valence-corrected chi connectivity index (χ3v) is 4.51. The van der Waals surface area contributed by atoms with Crippen LogP contribution in [0.4, 0.5) is 0 Å². The zero-order chi connectivity index (χ0) is 17.7. The van der Waals surface area contributed by atoms with Gasteiger partial charge in [0.05, 0.1) is 11.5 Å². The van der Waals surface area contributed by atoms with Gasteiger partial charge in [-0.2, -0.15) is 0 Å². The summed E-state index contributed by atoms with van der Waals surface area (Å²) in [5.74, 6) is -2.50. The molecule has 0 radical (unpaired) electrons. The minimum atomic E-state index is -1.23. The molecule has 0 aromatic carbocycles. The van der Waals surface area contributed by atoms with Crippen LogP contribution in [0.1, 0.15) is 31.1 Å². The topological polar surface area (TPSA) is 113 Å². The summed E-state index contributed by atoms with van der Waals surface area (Å²) in [6.07, 6.45) is 1.66. The third kappa shape index (κ3) is 5.02. The molecule has 1 amide bonds. The molecule has 1 aliphatic rings. The first-order valence-electron chi connectivity index (χ1n) is 7.49. The van der Waals surface area contributed by atoms with Crippen molar-refractivity contribution in [3.8, 4) is 0 Å². The molecule has 1 fully saturated rings. The molecule has 128 valence electrons. The molecule has 0 spiro atoms. The lowest BCUT2D eigenvalue weighted by Crippen LogP contribution is -2.53. The lowest BCUT2D eigenvalue weighted by atomic mass is 9.72. The second-order valence-corrected chi connectivity index (χ2v) is 6.53. The number of rotatable bonds is 6. The monoisotopic (exact) mass is 351 g/mol. The predicted octanol–water partition coefficient (Wildman–Crippen LogP) is 0.879. The molecule has 0 unspecified atom stereocenters. The quantitative estimate of drug-likeness (QED) is 0.518. The fourth-order valence-corrected chi connectivity index (χ4v) is 3.27. The zero-order valence-electron chi connectivity index (χ0n) is 13.1. The molecule has 1 aromatic rings. The second kappa shape index (κ2) is 8.23. The average Bonchev–Trinajstić information content (AvgIpc) is 3.00. The molecule has 2 atom stereocenters. The van der Waals surface area contributed by atoms with Crippen LogP contribution in [0.15, 0.2) is 23.6 Å². The molecule has 0 bridgehead atoms. The number of carbonyl (C=O) groups excluding carboxylic acids is 2. The summed E-state index contributed by atoms with van der Waals surface area (Å²) in [7, 11) is -1.23. The van der Waals surface area contributed by atoms with Crippen molar-refractivity contribution in [2.24, 2.45) is 0 Å². The Morgan fingerprint density at radius 2 is 2.21 bits per heavy atom. The summed E-state index contributed by atoms with van der Waals surface area (Å²) in [6.45, 7) is 1.45. The number of hydrogen-bond acceptors (Lipinski definition) is 6. The Balaban J connectivity index is 2.03. The molecule has 9 heteroatoms. The van der Waals surface area contributed by atoms with Crippen molar-refractivity contribution in [2.75, 3.05) is 0 Å². The van der Waals surface area contributed by atoms with Gasteiger partial charge in [0.15, 0.2) is 0 Å². The third-order valence-electron chi connectivity index (χ3n) is 3.61. The van der Waals surface area contributed by atoms with Gasteiger partial charge in [0.1, 0.15) is 5.78 Å². The van der Waals surface area contributed by atoms with Crippen LogP contribution in [-0.4, -0.2) is 47.0 Å². The fraction of sp³-hybridized carbons (Fsp3) is 0.400. The van der Waals surface area contributed by atoms with E-state index in [1.54, 1.807) is 17.5 Å². The number of carbonyl (C=O) groups is 3. The van der Waals surface area contributed by atoms with E-state index in [2.05, 4.69) is 5.32 Å². The van der Waals surface area contributed by atoms with E-state index in [0.717, 1.165) is 6.08 Å². The van der Waals surface area contributed by atoms with E-state index >= 15 is 0 Å². The van der Waals surface area contributed by atoms with Gasteiger partial charge < -0.3 is 20.1 Å². The van der Waals surface area contributed by atoms with E-state index in [4.69, 9.17) is 9.76 Å². The number of aliphatic carboxylic acids is 1. The molecule has 1 aromatic heterocycles. The Kier molecular flexibility index (Phi) is 6.30. The first-order valence-corrected chi connectivity index (χ1v) is 8.37. The molecule has 7 nitrogen and oxygen atoms in total. The average molecular weight is 351 g/mol. The van der Waals surface area contributed by atoms with E-state index in [0.29, 0.717) is 17.7 Å². The Morgan fingerprint density at radius 3 is 2.75 bits per heavy atom. The largest absolute Gasteiger partial charge is 0.478 e. The van der Waals surface area contributed by atoms with Gasteiger partial charge in [0.2, 0.25) is 0 Å². The molecule has 0 saturated carbocycles. The first-order chi connectivity index (χ1) is 11.4. The normalized spacial score (nSPS) is 21.4. The molecule has 2 rings (SSSR count). The van der Waals surface area contributed by atoms with E-state index in [-0.39, 0.29) is 23.9 Å². The van der Waals surface area contributed by atoms with Crippen LogP contribution in [0.2, 0.25) is 0 Å². The summed E-state index contributed by atoms with van der Waals surface area (Å²) in [6, 6.07) is 3.36. The smallest absolute Gasteiger partial charge is 0.478 e. The van der Waals surface area contributed by atoms with Gasteiger partial charge in [-0.3, -0.25) is 9.59 Å². The molecule has 0 aliphatic carbocycles. The summed E-state index contributed by atoms with van der Waals surface area (Å²) in [4.78, 5) is 35.0. The van der Waals surface area contributed by atoms with Crippen molar-refractivity contribution in [3.05, 3.63) is 28.5 Å². The fourth-order valence-electron chi connectivity index (χ4n) is 2.53. The summed E-state index contributed by atoms with van der Waals surface area (Å²) < 4.78 is 5.35. The highest BCUT2D eigenvalue weighted by Crippen LogP contribution is 2.23. The number of Topliss-reactive ketones (excluding diaryl/α,β-unsaturated/α-hetero) is 1. The van der Waals surface area contributed by atoms with E-state index < -0.39 is 24.9 Å². The van der Waals surface area contributed by atoms with Crippen molar-refractivity contribution >= 4 is 41.7 Å². The van der Waals surface area contributed by atoms with Gasteiger partial charge in [-0.25, -0.2) is 4.79 Å². The Hall–Kier alpha value is -1.97. The van der Waals surface area contributed by atoms with Gasteiger partial charge in [0.25, 0.3) is 5.91 Å². The van der Waals surface area contributed by atoms with Crippen molar-refractivity contribution < 1.29 is 29.2 Å². The SMILES string of the molecule is CC(=O)C[C@@H]1CC[C@H](NC(=O)/C(=C\C(=O)O)c2cccs2)B(O)O1. The highest BCUT2D eigenvalue weighted by atomic mass is 32.1. The minimum absolute atomic E-state index is 0.0237. The standard InChI is InChI=1S/C15H18BNO6S/c1-9(18)7-10-4-5-13(16(22)23-10)17-15(21)11(8-14(19)20)12-3-2-6-24-12/h2-3,6,8,10,13,22H,4-5,7H2,1H3,(H,17,21)(H,19,20)/b11-8-/t10-,13-/m0/s1. The molecule has 24 heavy (non-hydrogen) atoms. The van der Waals surface area contributed by atoms with E-state index in [1.165, 1.54) is 18.3 Å². The summed E-state index contributed by atoms with van der Waals surface area (Å²) in [5, 5.41) is 23.3. The number of thiophene rings is 1. The minimum Gasteiger partial charge on any atom is -0.478 e. The van der Waals surface area contributed by atoms with Gasteiger partial charge >= 0.3 is 13.1 Å². The van der Waals surface area contributed by atoms with Crippen LogP contribution < -0.4 is 5.32 Å². The highest BCUT2D eigenvalue weighted by molar-refractivity contribution is 7.11. The Labute approximate surface area is 143 Å². The van der Waals surface area contributed by atoms with Gasteiger partial charge in [0, 0.05) is 23.5 Å². The van der Waals surface area contributed by atoms with Gasteiger partial charge in [-0.15, -0.1) is 11.3 Å². The Bertz CT molecular complexity index is 644. The summed E-state index contributed by atoms with van der Waals surface area (Å²) >= 11 is 1.25. The number of hydrogen-bond donors (Lipinski definition) is 3. The van der Waals surface area contributed by atoms with Crippen molar-refractivity contribution in [3.63, 3.8) is 0 Å². The Morgan fingerprint density at radius 1 is 1.46 bits per heavy atom. The number of nitrogens with one attached hydrogen (secondary N) is 1. The van der Waals surface area contributed by atoms with Crippen LogP contribution in [0.5, 0.6) is 0 Å². The first kappa shape index (κ1) is 18.4. The molecular weight excluding hydrogens is 333 g/mol. The van der Waals surface area contributed by atoms with Crippen molar-refractivity contribution in [1.29, 1.82) is 0 Å². The number of amides is 1. The molecule has 1 saturated heterocycles. The highest BCUT2D eigenvalue weighted by Gasteiger charge is 2.36. The van der Waals surface area contributed by atoms with Crippen molar-refractivity contribution in [1.82, 2.24) is 5.32 Å². The maximum Gasteiger partial charge on any atom is 0.478 e. The zero-order valence-corrected chi connectivity index (χ0v) is 13.9. The maximum absolute atomic E-state index is 12.4. The lowest BCUT2D eigenvalue weighted by Gasteiger charge is -2.31. The number of carboxylic acids is 1. The predicted molar refractivity (Wildman–Crippen MR) is 89.2 cm³/mol. The molecule has 2 heterocycles. The molecule has 1 aliphatic heterocycles. The van der Waals surface area contributed by atoms with Crippen LogP contribution in [0.25, 0.3) is 5.57 Å². The molecular formula is C15H18BNO6S. The summed E-state index contributed by atoms with van der Waals surface area (Å²) in [5.41, 5.74) is 0.0237. The van der Waals surface area contributed by atoms with Crippen LogP contribution in [0.3, 0.4) is 0 Å². The molecule has 3 N–H and O–H groups in total. The van der Waals surface area contributed by atoms with Crippen molar-refractivity contribution in [2.45, 2.75) is 38.2 Å². The van der Waals surface area contributed by atoms with Crippen LogP contribution in [0, 0.1) is 0 Å². The van der Waals surface area contributed by atoms with Crippen LogP contribution >= 0.6 is 11.3 Å². The second-order valence-electron chi connectivity index (χ2n) is 5.59. The number of carboxylic acid groups (broad SMARTS) is 1. The number of ketones is 1. The maximum atomic E-state index is 12.4. The lowest BCUT2D eigenvalue weighted by molar-refractivity contribution is -0.131. The van der Waals surface area contributed by atoms with E-state index in [1.807, 2.05) is 0 Å². The van der Waals surface area contributed by atoms with E-state index in [9.17, 15) is 19.4 Å². The van der Waals surface area contributed by atoms with Crippen LogP contribution in [-0.2, 0) is 19.0 Å².